The topological polar surface area (TPSA) is 44.1 Å². The van der Waals surface area contributed by atoms with E-state index in [0.717, 1.165) is 34.0 Å². The van der Waals surface area contributed by atoms with E-state index in [4.69, 9.17) is 9.72 Å². The lowest BCUT2D eigenvalue weighted by atomic mass is 10.1. The van der Waals surface area contributed by atoms with Gasteiger partial charge in [0, 0.05) is 23.2 Å². The molecule has 4 heteroatoms. The van der Waals surface area contributed by atoms with Crippen molar-refractivity contribution in [2.24, 2.45) is 0 Å². The number of hydrogen-bond acceptors (Lipinski definition) is 3. The van der Waals surface area contributed by atoms with Crippen LogP contribution in [-0.2, 0) is 22.6 Å². The van der Waals surface area contributed by atoms with Crippen molar-refractivity contribution in [1.29, 1.82) is 0 Å². The van der Waals surface area contributed by atoms with Crippen molar-refractivity contribution in [3.05, 3.63) is 120 Å². The number of esters is 1. The van der Waals surface area contributed by atoms with Crippen LogP contribution in [0.3, 0.4) is 0 Å². The van der Waals surface area contributed by atoms with Gasteiger partial charge in [0.05, 0.1) is 5.69 Å². The van der Waals surface area contributed by atoms with E-state index in [-0.39, 0.29) is 6.61 Å². The summed E-state index contributed by atoms with van der Waals surface area (Å²) in [5.74, 6) is 0.403. The van der Waals surface area contributed by atoms with Crippen LogP contribution in [0.15, 0.2) is 103 Å². The van der Waals surface area contributed by atoms with Crippen molar-refractivity contribution in [3.63, 3.8) is 0 Å². The van der Waals surface area contributed by atoms with Gasteiger partial charge in [0.25, 0.3) is 0 Å². The Kier molecular flexibility index (Phi) is 6.08. The first-order valence-corrected chi connectivity index (χ1v) is 10.2. The maximum Gasteiger partial charge on any atom is 0.333 e. The normalized spacial score (nSPS) is 10.6. The predicted molar refractivity (Wildman–Crippen MR) is 123 cm³/mol. The van der Waals surface area contributed by atoms with E-state index in [1.165, 1.54) is 0 Å². The first-order valence-electron chi connectivity index (χ1n) is 10.2. The van der Waals surface area contributed by atoms with Gasteiger partial charge in [-0.2, -0.15) is 0 Å². The van der Waals surface area contributed by atoms with Gasteiger partial charge in [-0.15, -0.1) is 0 Å². The Balaban J connectivity index is 1.88. The van der Waals surface area contributed by atoms with Gasteiger partial charge in [0.2, 0.25) is 0 Å². The maximum atomic E-state index is 12.1. The van der Waals surface area contributed by atoms with Crippen LogP contribution in [0.1, 0.15) is 23.9 Å². The molecule has 0 bridgehead atoms. The highest BCUT2D eigenvalue weighted by Crippen LogP contribution is 2.29. The summed E-state index contributed by atoms with van der Waals surface area (Å²) in [7, 11) is 0. The molecule has 0 aliphatic heterocycles. The number of rotatable bonds is 7. The molecule has 0 unspecified atom stereocenters. The average molecular weight is 409 g/mol. The minimum absolute atomic E-state index is 0.0908. The van der Waals surface area contributed by atoms with Crippen LogP contribution in [0.5, 0.6) is 0 Å². The van der Waals surface area contributed by atoms with E-state index in [1.54, 1.807) is 6.92 Å². The van der Waals surface area contributed by atoms with Gasteiger partial charge >= 0.3 is 5.97 Å². The first-order chi connectivity index (χ1) is 15.1. The van der Waals surface area contributed by atoms with Crippen LogP contribution in [0.2, 0.25) is 0 Å². The van der Waals surface area contributed by atoms with Crippen LogP contribution in [-0.4, -0.2) is 15.5 Å². The lowest BCUT2D eigenvalue weighted by Gasteiger charge is -2.13. The third kappa shape index (κ3) is 4.64. The Morgan fingerprint density at radius 3 is 2.10 bits per heavy atom. The smallest absolute Gasteiger partial charge is 0.333 e. The van der Waals surface area contributed by atoms with E-state index >= 15 is 0 Å². The first kappa shape index (κ1) is 20.4. The van der Waals surface area contributed by atoms with Crippen LogP contribution in [0.4, 0.5) is 0 Å². The minimum Gasteiger partial charge on any atom is -0.456 e. The monoisotopic (exact) mass is 408 g/mol. The summed E-state index contributed by atoms with van der Waals surface area (Å²) in [5.41, 5.74) is 5.27. The third-order valence-electron chi connectivity index (χ3n) is 5.00. The zero-order valence-corrected chi connectivity index (χ0v) is 17.5. The van der Waals surface area contributed by atoms with Gasteiger partial charge < -0.3 is 4.74 Å². The summed E-state index contributed by atoms with van der Waals surface area (Å²) in [5, 5.41) is 0. The standard InChI is InChI=1S/C27H24N2O2/c1-20(2)27(30)31-19-24-25(18-21-12-6-3-7-13-21)29(23-16-10-5-11-17-23)26(28-24)22-14-8-4-9-15-22/h3-17H,1,18-19H2,2H3. The molecule has 0 fully saturated rings. The van der Waals surface area contributed by atoms with Gasteiger partial charge in [-0.25, -0.2) is 9.78 Å². The summed E-state index contributed by atoms with van der Waals surface area (Å²) in [6.45, 7) is 5.41. The van der Waals surface area contributed by atoms with E-state index < -0.39 is 5.97 Å². The Morgan fingerprint density at radius 2 is 1.48 bits per heavy atom. The second kappa shape index (κ2) is 9.26. The minimum atomic E-state index is -0.416. The largest absolute Gasteiger partial charge is 0.456 e. The van der Waals surface area contributed by atoms with Crippen molar-refractivity contribution in [3.8, 4) is 17.1 Å². The number of hydrogen-bond donors (Lipinski definition) is 0. The molecule has 0 aliphatic carbocycles. The molecule has 1 aromatic heterocycles. The molecular formula is C27H24N2O2. The van der Waals surface area contributed by atoms with Crippen LogP contribution >= 0.6 is 0 Å². The van der Waals surface area contributed by atoms with Crippen molar-refractivity contribution >= 4 is 5.97 Å². The van der Waals surface area contributed by atoms with E-state index in [1.807, 2.05) is 66.7 Å². The molecule has 0 saturated heterocycles. The summed E-state index contributed by atoms with van der Waals surface area (Å²) in [6.07, 6.45) is 0.662. The number of imidazole rings is 1. The number of nitrogens with zero attached hydrogens (tertiary/aromatic N) is 2. The summed E-state index contributed by atoms with van der Waals surface area (Å²) in [6, 6.07) is 30.4. The average Bonchev–Trinajstić information content (AvgIpc) is 3.17. The highest BCUT2D eigenvalue weighted by Gasteiger charge is 2.21. The number of carbonyl (C=O) groups is 1. The van der Waals surface area contributed by atoms with Gasteiger partial charge in [0.1, 0.15) is 18.1 Å². The summed E-state index contributed by atoms with van der Waals surface area (Å²) in [4.78, 5) is 17.0. The quantitative estimate of drug-likeness (QED) is 0.289. The van der Waals surface area contributed by atoms with Crippen molar-refractivity contribution in [2.45, 2.75) is 20.0 Å². The van der Waals surface area contributed by atoms with Gasteiger partial charge in [0.15, 0.2) is 0 Å². The van der Waals surface area contributed by atoms with Crippen LogP contribution in [0.25, 0.3) is 17.1 Å². The zero-order chi connectivity index (χ0) is 21.6. The number of aromatic nitrogens is 2. The molecule has 4 aromatic rings. The molecule has 3 aromatic carbocycles. The molecule has 4 rings (SSSR count). The van der Waals surface area contributed by atoms with E-state index in [0.29, 0.717) is 12.0 Å². The Bertz CT molecular complexity index is 1180. The molecule has 1 heterocycles. The fourth-order valence-electron chi connectivity index (χ4n) is 3.48. The van der Waals surface area contributed by atoms with Gasteiger partial charge in [-0.1, -0.05) is 85.4 Å². The zero-order valence-electron chi connectivity index (χ0n) is 17.5. The Labute approximate surface area is 182 Å². The lowest BCUT2D eigenvalue weighted by molar-refractivity contribution is -0.140. The van der Waals surface area contributed by atoms with Crippen LogP contribution < -0.4 is 0 Å². The SMILES string of the molecule is C=C(C)C(=O)OCc1nc(-c2ccccc2)n(-c2ccccc2)c1Cc1ccccc1. The maximum absolute atomic E-state index is 12.1. The second-order valence-corrected chi connectivity index (χ2v) is 7.38. The Hall–Kier alpha value is -3.92. The van der Waals surface area contributed by atoms with Gasteiger partial charge in [-0.3, -0.25) is 4.57 Å². The predicted octanol–water partition coefficient (Wildman–Crippen LogP) is 5.75. The fraction of sp³-hybridized carbons (Fsp3) is 0.111. The number of ether oxygens (including phenoxy) is 1. The number of benzene rings is 3. The number of carbonyl (C=O) groups excluding carboxylic acids is 1. The summed E-state index contributed by atoms with van der Waals surface area (Å²) < 4.78 is 7.65. The van der Waals surface area contributed by atoms with Crippen LogP contribution in [0, 0.1) is 0 Å². The third-order valence-corrected chi connectivity index (χ3v) is 5.00. The molecule has 0 amide bonds. The summed E-state index contributed by atoms with van der Waals surface area (Å²) >= 11 is 0. The molecule has 31 heavy (non-hydrogen) atoms. The molecule has 0 spiro atoms. The second-order valence-electron chi connectivity index (χ2n) is 7.38. The molecular weight excluding hydrogens is 384 g/mol. The highest BCUT2D eigenvalue weighted by atomic mass is 16.5. The molecule has 0 atom stereocenters. The van der Waals surface area contributed by atoms with E-state index in [9.17, 15) is 4.79 Å². The molecule has 0 aliphatic rings. The molecule has 4 nitrogen and oxygen atoms in total. The molecule has 154 valence electrons. The van der Waals surface area contributed by atoms with Gasteiger partial charge in [-0.05, 0) is 24.6 Å². The van der Waals surface area contributed by atoms with Crippen molar-refractivity contribution in [1.82, 2.24) is 9.55 Å². The number of para-hydroxylation sites is 1. The molecule has 0 N–H and O–H groups in total. The fourth-order valence-corrected chi connectivity index (χ4v) is 3.48. The highest BCUT2D eigenvalue weighted by molar-refractivity contribution is 5.86. The Morgan fingerprint density at radius 1 is 0.903 bits per heavy atom. The van der Waals surface area contributed by atoms with E-state index in [2.05, 4.69) is 35.4 Å². The van der Waals surface area contributed by atoms with Crippen molar-refractivity contribution in [2.75, 3.05) is 0 Å². The van der Waals surface area contributed by atoms with Crippen molar-refractivity contribution < 1.29 is 9.53 Å². The molecule has 0 radical (unpaired) electrons. The molecule has 0 saturated carbocycles. The lowest BCUT2D eigenvalue weighted by Crippen LogP contribution is -2.08.